The molecule has 5 heterocycles. The number of piperazine rings is 1. The van der Waals surface area contributed by atoms with E-state index in [-0.39, 0.29) is 0 Å². The minimum atomic E-state index is 0.424. The highest BCUT2D eigenvalue weighted by molar-refractivity contribution is 9.10. The number of aromatic nitrogens is 4. The molecule has 0 saturated carbocycles. The van der Waals surface area contributed by atoms with Gasteiger partial charge in [-0.05, 0) is 71.8 Å². The number of anilines is 2. The summed E-state index contributed by atoms with van der Waals surface area (Å²) in [5.74, 6) is 0.843. The fourth-order valence-electron chi connectivity index (χ4n) is 5.21. The second-order valence-electron chi connectivity index (χ2n) is 9.83. The Hall–Kier alpha value is -3.01. The van der Waals surface area contributed by atoms with E-state index in [1.165, 1.54) is 11.3 Å². The van der Waals surface area contributed by atoms with Gasteiger partial charge in [-0.15, -0.1) is 0 Å². The van der Waals surface area contributed by atoms with Crippen LogP contribution in [0.25, 0.3) is 22.6 Å². The molecule has 2 aliphatic rings. The monoisotopic (exact) mass is 546 g/mol. The highest BCUT2D eigenvalue weighted by Gasteiger charge is 2.22. The summed E-state index contributed by atoms with van der Waals surface area (Å²) in [5.41, 5.74) is 6.31. The van der Waals surface area contributed by atoms with Crippen molar-refractivity contribution < 1.29 is 0 Å². The van der Waals surface area contributed by atoms with E-state index >= 15 is 0 Å². The zero-order chi connectivity index (χ0) is 24.5. The van der Waals surface area contributed by atoms with Crippen molar-refractivity contribution >= 4 is 38.5 Å². The normalized spacial score (nSPS) is 19.3. The lowest BCUT2D eigenvalue weighted by Crippen LogP contribution is -2.45. The third kappa shape index (κ3) is 4.96. The molecule has 1 atom stereocenters. The number of hydrogen-bond acceptors (Lipinski definition) is 7. The van der Waals surface area contributed by atoms with Crippen LogP contribution in [0.4, 0.5) is 11.4 Å². The quantitative estimate of drug-likeness (QED) is 0.375. The number of H-pyrrole nitrogens is 1. The standard InChI is InChI=1S/C27H31BrN8/c1-34-10-8-21(18-34)31-24-23(28)16-30-27-25(24)32-26(33-27)20-4-6-22(7-5-20)36-13-11-35(12-14-36)17-19-3-2-9-29-15-19/h2-7,9,15-16,21H,8,10-14,17-18H2,1H3,(H2,30,31,32,33). The predicted molar refractivity (Wildman–Crippen MR) is 148 cm³/mol. The molecule has 1 aromatic carbocycles. The lowest BCUT2D eigenvalue weighted by Gasteiger charge is -2.36. The van der Waals surface area contributed by atoms with E-state index in [1.807, 2.05) is 24.7 Å². The molecule has 186 valence electrons. The molecule has 8 nitrogen and oxygen atoms in total. The van der Waals surface area contributed by atoms with Gasteiger partial charge in [-0.3, -0.25) is 9.88 Å². The number of rotatable bonds is 6. The van der Waals surface area contributed by atoms with Gasteiger partial charge in [-0.1, -0.05) is 6.07 Å². The Morgan fingerprint density at radius 2 is 1.89 bits per heavy atom. The number of aromatic amines is 1. The first kappa shape index (κ1) is 23.4. The number of fused-ring (bicyclic) bond motifs is 1. The van der Waals surface area contributed by atoms with Gasteiger partial charge in [0.2, 0.25) is 0 Å². The highest BCUT2D eigenvalue weighted by Crippen LogP contribution is 2.32. The second kappa shape index (κ2) is 10.2. The average Bonchev–Trinajstić information content (AvgIpc) is 3.53. The van der Waals surface area contributed by atoms with Gasteiger partial charge in [0.05, 0.1) is 10.2 Å². The van der Waals surface area contributed by atoms with E-state index in [2.05, 4.69) is 88.3 Å². The maximum atomic E-state index is 4.80. The molecule has 0 spiro atoms. The molecule has 2 saturated heterocycles. The number of halogens is 1. The number of likely N-dealkylation sites (N-methyl/N-ethyl adjacent to an activating group) is 1. The molecule has 1 unspecified atom stereocenters. The van der Waals surface area contributed by atoms with Crippen molar-refractivity contribution in [3.63, 3.8) is 0 Å². The largest absolute Gasteiger partial charge is 0.378 e. The maximum Gasteiger partial charge on any atom is 0.180 e. The molecule has 0 aliphatic carbocycles. The number of likely N-dealkylation sites (tertiary alicyclic amines) is 1. The van der Waals surface area contributed by atoms with Gasteiger partial charge in [0.15, 0.2) is 5.65 Å². The van der Waals surface area contributed by atoms with Crippen molar-refractivity contribution in [2.75, 3.05) is 56.5 Å². The Morgan fingerprint density at radius 3 is 2.61 bits per heavy atom. The lowest BCUT2D eigenvalue weighted by atomic mass is 10.1. The first-order chi connectivity index (χ1) is 17.6. The first-order valence-electron chi connectivity index (χ1n) is 12.6. The Labute approximate surface area is 219 Å². The van der Waals surface area contributed by atoms with Crippen LogP contribution in [-0.4, -0.2) is 82.1 Å². The summed E-state index contributed by atoms with van der Waals surface area (Å²) in [6.45, 7) is 7.26. The van der Waals surface area contributed by atoms with Crippen LogP contribution in [0.3, 0.4) is 0 Å². The number of nitrogens with one attached hydrogen (secondary N) is 2. The molecular formula is C27H31BrN8. The molecule has 36 heavy (non-hydrogen) atoms. The SMILES string of the molecule is CN1CCC(Nc2c(Br)cnc3nc(-c4ccc(N5CCN(Cc6cccnc6)CC5)cc4)[nH]c23)C1. The van der Waals surface area contributed by atoms with Crippen LogP contribution in [0.5, 0.6) is 0 Å². The van der Waals surface area contributed by atoms with Gasteiger partial charge >= 0.3 is 0 Å². The Kier molecular flexibility index (Phi) is 6.60. The molecule has 9 heteroatoms. The van der Waals surface area contributed by atoms with Crippen molar-refractivity contribution in [2.45, 2.75) is 19.0 Å². The smallest absolute Gasteiger partial charge is 0.180 e. The zero-order valence-electron chi connectivity index (χ0n) is 20.5. The molecule has 4 aromatic rings. The van der Waals surface area contributed by atoms with Crippen LogP contribution in [0.2, 0.25) is 0 Å². The number of benzene rings is 1. The van der Waals surface area contributed by atoms with Crippen LogP contribution in [0.15, 0.2) is 59.5 Å². The topological polar surface area (TPSA) is 76.2 Å². The van der Waals surface area contributed by atoms with Crippen molar-refractivity contribution in [3.8, 4) is 11.4 Å². The summed E-state index contributed by atoms with van der Waals surface area (Å²) in [5, 5.41) is 3.70. The van der Waals surface area contributed by atoms with E-state index in [0.29, 0.717) is 6.04 Å². The number of imidazole rings is 1. The van der Waals surface area contributed by atoms with Crippen LogP contribution < -0.4 is 10.2 Å². The van der Waals surface area contributed by atoms with Crippen LogP contribution in [0, 0.1) is 0 Å². The fourth-order valence-corrected chi connectivity index (χ4v) is 5.63. The van der Waals surface area contributed by atoms with Crippen molar-refractivity contribution in [3.05, 3.63) is 65.0 Å². The minimum absolute atomic E-state index is 0.424. The third-order valence-corrected chi connectivity index (χ3v) is 7.82. The minimum Gasteiger partial charge on any atom is -0.378 e. The third-order valence-electron chi connectivity index (χ3n) is 7.22. The molecule has 0 amide bonds. The van der Waals surface area contributed by atoms with E-state index in [9.17, 15) is 0 Å². The van der Waals surface area contributed by atoms with Gasteiger partial charge in [0, 0.05) is 75.2 Å². The van der Waals surface area contributed by atoms with Gasteiger partial charge in [-0.2, -0.15) is 0 Å². The van der Waals surface area contributed by atoms with Crippen molar-refractivity contribution in [1.82, 2.24) is 29.7 Å². The molecule has 2 N–H and O–H groups in total. The van der Waals surface area contributed by atoms with Gasteiger partial charge in [0.1, 0.15) is 11.3 Å². The van der Waals surface area contributed by atoms with Crippen molar-refractivity contribution in [2.24, 2.45) is 0 Å². The van der Waals surface area contributed by atoms with E-state index in [0.717, 1.165) is 84.9 Å². The van der Waals surface area contributed by atoms with Crippen LogP contribution in [-0.2, 0) is 6.54 Å². The summed E-state index contributed by atoms with van der Waals surface area (Å²) in [4.78, 5) is 24.4. The molecule has 2 fully saturated rings. The van der Waals surface area contributed by atoms with Gasteiger partial charge in [0.25, 0.3) is 0 Å². The maximum absolute atomic E-state index is 4.80. The van der Waals surface area contributed by atoms with Crippen LogP contribution in [0.1, 0.15) is 12.0 Å². The molecule has 6 rings (SSSR count). The lowest BCUT2D eigenvalue weighted by molar-refractivity contribution is 0.249. The van der Waals surface area contributed by atoms with E-state index < -0.39 is 0 Å². The molecule has 3 aromatic heterocycles. The van der Waals surface area contributed by atoms with Gasteiger partial charge < -0.3 is 20.1 Å². The molecular weight excluding hydrogens is 516 g/mol. The fraction of sp³-hybridized carbons (Fsp3) is 0.370. The predicted octanol–water partition coefficient (Wildman–Crippen LogP) is 4.22. The first-order valence-corrected chi connectivity index (χ1v) is 13.4. The average molecular weight is 548 g/mol. The van der Waals surface area contributed by atoms with Crippen LogP contribution >= 0.6 is 15.9 Å². The molecule has 0 bridgehead atoms. The summed E-state index contributed by atoms with van der Waals surface area (Å²) in [6, 6.07) is 13.3. The second-order valence-corrected chi connectivity index (χ2v) is 10.7. The summed E-state index contributed by atoms with van der Waals surface area (Å²) >= 11 is 3.68. The van der Waals surface area contributed by atoms with Crippen molar-refractivity contribution in [1.29, 1.82) is 0 Å². The Balaban J connectivity index is 1.14. The summed E-state index contributed by atoms with van der Waals surface area (Å²) in [7, 11) is 2.17. The Morgan fingerprint density at radius 1 is 1.06 bits per heavy atom. The zero-order valence-corrected chi connectivity index (χ0v) is 22.1. The Bertz CT molecular complexity index is 1320. The highest BCUT2D eigenvalue weighted by atomic mass is 79.9. The number of nitrogens with zero attached hydrogens (tertiary/aromatic N) is 6. The molecule has 2 aliphatic heterocycles. The van der Waals surface area contributed by atoms with Gasteiger partial charge in [-0.25, -0.2) is 9.97 Å². The number of pyridine rings is 2. The van der Waals surface area contributed by atoms with E-state index in [1.54, 1.807) is 0 Å². The summed E-state index contributed by atoms with van der Waals surface area (Å²) < 4.78 is 0.956. The number of hydrogen-bond donors (Lipinski definition) is 2. The molecule has 0 radical (unpaired) electrons. The summed E-state index contributed by atoms with van der Waals surface area (Å²) in [6.07, 6.45) is 6.76. The van der Waals surface area contributed by atoms with E-state index in [4.69, 9.17) is 4.98 Å².